The molecule has 3 aromatic rings. The number of methoxy groups -OCH3 is 1. The first kappa shape index (κ1) is 16.8. The maximum absolute atomic E-state index is 13.0. The SMILES string of the molecule is COc1ccc2c(=O)n(/C(=C\C(F)(F)F)c3ccccc3)cnc2c1. The minimum Gasteiger partial charge on any atom is -0.497 e. The summed E-state index contributed by atoms with van der Waals surface area (Å²) in [5.41, 5.74) is -0.271. The maximum Gasteiger partial charge on any atom is 0.411 e. The van der Waals surface area contributed by atoms with Gasteiger partial charge < -0.3 is 4.74 Å². The van der Waals surface area contributed by atoms with Crippen molar-refractivity contribution in [2.75, 3.05) is 7.11 Å². The fraction of sp³-hybridized carbons (Fsp3) is 0.111. The van der Waals surface area contributed by atoms with Crippen LogP contribution in [0.1, 0.15) is 5.56 Å². The summed E-state index contributed by atoms with van der Waals surface area (Å²) < 4.78 is 44.9. The van der Waals surface area contributed by atoms with E-state index in [2.05, 4.69) is 4.98 Å². The number of halogens is 3. The lowest BCUT2D eigenvalue weighted by Gasteiger charge is -2.13. The first-order valence-corrected chi connectivity index (χ1v) is 7.30. The summed E-state index contributed by atoms with van der Waals surface area (Å²) in [4.78, 5) is 16.8. The molecule has 0 unspecified atom stereocenters. The van der Waals surface area contributed by atoms with Crippen LogP contribution in [0.2, 0.25) is 0 Å². The standard InChI is InChI=1S/C18H13F3N2O2/c1-25-13-7-8-14-15(9-13)22-11-23(17(14)24)16(10-18(19,20)21)12-5-3-2-4-6-12/h2-11H,1H3/b16-10-. The van der Waals surface area contributed by atoms with E-state index in [0.717, 1.165) is 10.9 Å². The zero-order valence-corrected chi connectivity index (χ0v) is 13.1. The summed E-state index contributed by atoms with van der Waals surface area (Å²) in [6.45, 7) is 0. The van der Waals surface area contributed by atoms with Gasteiger partial charge in [-0.25, -0.2) is 4.98 Å². The molecule has 0 atom stereocenters. The Morgan fingerprint density at radius 1 is 1.16 bits per heavy atom. The summed E-state index contributed by atoms with van der Waals surface area (Å²) in [5.74, 6) is 0.506. The Bertz CT molecular complexity index is 993. The van der Waals surface area contributed by atoms with Gasteiger partial charge in [-0.15, -0.1) is 0 Å². The van der Waals surface area contributed by atoms with Gasteiger partial charge in [0.1, 0.15) is 12.1 Å². The predicted molar refractivity (Wildman–Crippen MR) is 88.4 cm³/mol. The molecule has 0 radical (unpaired) electrons. The smallest absolute Gasteiger partial charge is 0.411 e. The molecule has 0 aliphatic carbocycles. The predicted octanol–water partition coefficient (Wildman–Crippen LogP) is 3.86. The Morgan fingerprint density at radius 2 is 1.88 bits per heavy atom. The molecule has 0 amide bonds. The van der Waals surface area contributed by atoms with E-state index in [4.69, 9.17) is 4.74 Å². The molecule has 25 heavy (non-hydrogen) atoms. The quantitative estimate of drug-likeness (QED) is 0.723. The van der Waals surface area contributed by atoms with E-state index < -0.39 is 11.7 Å². The topological polar surface area (TPSA) is 44.1 Å². The van der Waals surface area contributed by atoms with E-state index >= 15 is 0 Å². The van der Waals surface area contributed by atoms with Gasteiger partial charge in [0, 0.05) is 12.1 Å². The summed E-state index contributed by atoms with van der Waals surface area (Å²) >= 11 is 0. The Kier molecular flexibility index (Phi) is 4.31. The summed E-state index contributed by atoms with van der Waals surface area (Å²) in [5, 5.41) is 0.201. The van der Waals surface area contributed by atoms with Crippen LogP contribution in [0, 0.1) is 0 Å². The number of allylic oxidation sites excluding steroid dienone is 1. The molecule has 0 fully saturated rings. The number of benzene rings is 2. The first-order valence-electron chi connectivity index (χ1n) is 7.30. The second-order valence-electron chi connectivity index (χ2n) is 5.24. The Labute approximate surface area is 140 Å². The van der Waals surface area contributed by atoms with Gasteiger partial charge >= 0.3 is 6.18 Å². The zero-order chi connectivity index (χ0) is 18.0. The molecule has 128 valence electrons. The van der Waals surface area contributed by atoms with Crippen molar-refractivity contribution in [3.8, 4) is 5.75 Å². The molecule has 0 saturated heterocycles. The number of ether oxygens (including phenoxy) is 1. The molecular formula is C18H13F3N2O2. The van der Waals surface area contributed by atoms with Gasteiger partial charge in [-0.3, -0.25) is 9.36 Å². The Morgan fingerprint density at radius 3 is 2.52 bits per heavy atom. The third kappa shape index (κ3) is 3.55. The molecule has 0 N–H and O–H groups in total. The third-order valence-corrected chi connectivity index (χ3v) is 3.60. The van der Waals surface area contributed by atoms with Gasteiger partial charge in [-0.05, 0) is 17.7 Å². The minimum absolute atomic E-state index is 0.0980. The van der Waals surface area contributed by atoms with Crippen molar-refractivity contribution < 1.29 is 17.9 Å². The van der Waals surface area contributed by atoms with Crippen molar-refractivity contribution in [3.05, 3.63) is 76.9 Å². The van der Waals surface area contributed by atoms with Gasteiger partial charge in [0.05, 0.1) is 23.7 Å². The first-order chi connectivity index (χ1) is 11.9. The lowest BCUT2D eigenvalue weighted by Crippen LogP contribution is -2.22. The normalized spacial score (nSPS) is 12.4. The number of alkyl halides is 3. The van der Waals surface area contributed by atoms with Crippen molar-refractivity contribution >= 4 is 16.6 Å². The lowest BCUT2D eigenvalue weighted by atomic mass is 10.1. The minimum atomic E-state index is -4.58. The molecule has 0 spiro atoms. The Balaban J connectivity index is 2.25. The molecular weight excluding hydrogens is 333 g/mol. The number of hydrogen-bond acceptors (Lipinski definition) is 3. The van der Waals surface area contributed by atoms with Crippen LogP contribution in [0.5, 0.6) is 5.75 Å². The Hall–Kier alpha value is -3.09. The fourth-order valence-electron chi connectivity index (χ4n) is 2.46. The number of hydrogen-bond donors (Lipinski definition) is 0. The van der Waals surface area contributed by atoms with Gasteiger partial charge in [0.25, 0.3) is 5.56 Å². The molecule has 2 aromatic carbocycles. The van der Waals surface area contributed by atoms with Crippen molar-refractivity contribution in [2.24, 2.45) is 0 Å². The van der Waals surface area contributed by atoms with E-state index in [0.29, 0.717) is 11.3 Å². The summed E-state index contributed by atoms with van der Waals surface area (Å²) in [6, 6.07) is 12.5. The van der Waals surface area contributed by atoms with E-state index in [9.17, 15) is 18.0 Å². The molecule has 0 aliphatic rings. The van der Waals surface area contributed by atoms with Crippen LogP contribution >= 0.6 is 0 Å². The molecule has 4 nitrogen and oxygen atoms in total. The summed E-state index contributed by atoms with van der Waals surface area (Å²) in [7, 11) is 1.47. The van der Waals surface area contributed by atoms with Crippen molar-refractivity contribution in [1.29, 1.82) is 0 Å². The number of nitrogens with zero attached hydrogens (tertiary/aromatic N) is 2. The van der Waals surface area contributed by atoms with E-state index in [-0.39, 0.29) is 22.7 Å². The molecule has 1 heterocycles. The van der Waals surface area contributed by atoms with Gasteiger partial charge in [-0.2, -0.15) is 13.2 Å². The monoisotopic (exact) mass is 346 g/mol. The molecule has 7 heteroatoms. The highest BCUT2D eigenvalue weighted by atomic mass is 19.4. The fourth-order valence-corrected chi connectivity index (χ4v) is 2.46. The van der Waals surface area contributed by atoms with Crippen LogP contribution < -0.4 is 10.3 Å². The van der Waals surface area contributed by atoms with Crippen molar-refractivity contribution in [2.45, 2.75) is 6.18 Å². The van der Waals surface area contributed by atoms with Crippen LogP contribution in [-0.4, -0.2) is 22.8 Å². The van der Waals surface area contributed by atoms with Crippen LogP contribution in [0.25, 0.3) is 16.6 Å². The van der Waals surface area contributed by atoms with E-state index in [1.165, 1.54) is 25.3 Å². The van der Waals surface area contributed by atoms with Crippen LogP contribution in [0.3, 0.4) is 0 Å². The molecule has 1 aromatic heterocycles. The number of aromatic nitrogens is 2. The zero-order valence-electron chi connectivity index (χ0n) is 13.1. The summed E-state index contributed by atoms with van der Waals surface area (Å²) in [6.07, 6.45) is -3.39. The largest absolute Gasteiger partial charge is 0.497 e. The number of rotatable bonds is 3. The van der Waals surface area contributed by atoms with E-state index in [1.807, 2.05) is 0 Å². The molecule has 0 saturated carbocycles. The van der Waals surface area contributed by atoms with E-state index in [1.54, 1.807) is 30.3 Å². The average molecular weight is 346 g/mol. The number of fused-ring (bicyclic) bond motifs is 1. The van der Waals surface area contributed by atoms with Crippen molar-refractivity contribution in [3.63, 3.8) is 0 Å². The highest BCUT2D eigenvalue weighted by Crippen LogP contribution is 2.25. The second kappa shape index (κ2) is 6.43. The van der Waals surface area contributed by atoms with Crippen molar-refractivity contribution in [1.82, 2.24) is 9.55 Å². The lowest BCUT2D eigenvalue weighted by molar-refractivity contribution is -0.0795. The van der Waals surface area contributed by atoms with Crippen LogP contribution in [0.15, 0.2) is 65.7 Å². The van der Waals surface area contributed by atoms with Gasteiger partial charge in [-0.1, -0.05) is 30.3 Å². The highest BCUT2D eigenvalue weighted by molar-refractivity contribution is 5.80. The van der Waals surface area contributed by atoms with Gasteiger partial charge in [0.15, 0.2) is 0 Å². The average Bonchev–Trinajstić information content (AvgIpc) is 2.60. The molecule has 0 bridgehead atoms. The van der Waals surface area contributed by atoms with Crippen LogP contribution in [-0.2, 0) is 0 Å². The molecule has 3 rings (SSSR count). The highest BCUT2D eigenvalue weighted by Gasteiger charge is 2.26. The maximum atomic E-state index is 13.0. The second-order valence-corrected chi connectivity index (χ2v) is 5.24. The molecule has 0 aliphatic heterocycles. The van der Waals surface area contributed by atoms with Gasteiger partial charge in [0.2, 0.25) is 0 Å². The third-order valence-electron chi connectivity index (χ3n) is 3.60. The van der Waals surface area contributed by atoms with Crippen LogP contribution in [0.4, 0.5) is 13.2 Å².